The molecule has 0 saturated heterocycles. The number of fused-ring (bicyclic) bond motifs is 1. The molecule has 0 bridgehead atoms. The Morgan fingerprint density at radius 2 is 2.03 bits per heavy atom. The number of amidine groups is 1. The van der Waals surface area contributed by atoms with Gasteiger partial charge in [0.05, 0.1) is 12.7 Å². The minimum Gasteiger partial charge on any atom is -0.391 e. The summed E-state index contributed by atoms with van der Waals surface area (Å²) < 4.78 is 1.83. The van der Waals surface area contributed by atoms with Crippen LogP contribution in [0.5, 0.6) is 0 Å². The van der Waals surface area contributed by atoms with Crippen molar-refractivity contribution in [2.75, 3.05) is 31.6 Å². The maximum absolute atomic E-state index is 11.9. The average Bonchev–Trinajstić information content (AvgIpc) is 3.17. The number of carbonyl (C=O) groups is 1. The molecule has 7 nitrogen and oxygen atoms in total. The maximum atomic E-state index is 11.9. The second-order valence-electron chi connectivity index (χ2n) is 8.20. The zero-order valence-corrected chi connectivity index (χ0v) is 18.2. The molecule has 0 atom stereocenters. The molecule has 0 unspecified atom stereocenters. The van der Waals surface area contributed by atoms with Gasteiger partial charge in [-0.25, -0.2) is 0 Å². The zero-order valence-electron chi connectivity index (χ0n) is 18.2. The highest BCUT2D eigenvalue weighted by Gasteiger charge is 2.29. The SMILES string of the molecule is CNC1=C(C(=N)N2CCCc3cc(-c4cnn(C)c4)c(C)cc32)CN(C(C)=O)CC1. The molecule has 2 N–H and O–H groups in total. The third kappa shape index (κ3) is 3.60. The minimum absolute atomic E-state index is 0.0615. The Bertz CT molecular complexity index is 1030. The van der Waals surface area contributed by atoms with Gasteiger partial charge in [-0.05, 0) is 48.6 Å². The molecule has 2 aliphatic heterocycles. The van der Waals surface area contributed by atoms with E-state index in [4.69, 9.17) is 5.41 Å². The van der Waals surface area contributed by atoms with Crippen molar-refractivity contribution in [1.29, 1.82) is 5.41 Å². The first-order valence-corrected chi connectivity index (χ1v) is 10.5. The van der Waals surface area contributed by atoms with Crippen molar-refractivity contribution in [3.05, 3.63) is 46.9 Å². The van der Waals surface area contributed by atoms with Crippen LogP contribution in [-0.4, -0.2) is 53.1 Å². The Balaban J connectivity index is 1.70. The van der Waals surface area contributed by atoms with Gasteiger partial charge in [0.2, 0.25) is 5.91 Å². The van der Waals surface area contributed by atoms with Gasteiger partial charge in [0, 0.05) is 69.2 Å². The summed E-state index contributed by atoms with van der Waals surface area (Å²) in [7, 11) is 3.84. The van der Waals surface area contributed by atoms with Gasteiger partial charge in [-0.2, -0.15) is 5.10 Å². The second-order valence-corrected chi connectivity index (χ2v) is 8.20. The zero-order chi connectivity index (χ0) is 21.4. The monoisotopic (exact) mass is 406 g/mol. The molecule has 0 saturated carbocycles. The lowest BCUT2D eigenvalue weighted by molar-refractivity contribution is -0.128. The first-order chi connectivity index (χ1) is 14.4. The molecule has 158 valence electrons. The lowest BCUT2D eigenvalue weighted by Crippen LogP contribution is -2.44. The molecule has 1 amide bonds. The van der Waals surface area contributed by atoms with Crippen LogP contribution in [0.4, 0.5) is 5.69 Å². The summed E-state index contributed by atoms with van der Waals surface area (Å²) in [4.78, 5) is 15.9. The molecule has 1 aromatic heterocycles. The van der Waals surface area contributed by atoms with E-state index in [1.54, 1.807) is 6.92 Å². The minimum atomic E-state index is 0.0615. The predicted octanol–water partition coefficient (Wildman–Crippen LogP) is 2.85. The number of nitrogens with one attached hydrogen (secondary N) is 2. The first-order valence-electron chi connectivity index (χ1n) is 10.5. The van der Waals surface area contributed by atoms with Crippen molar-refractivity contribution in [1.82, 2.24) is 20.0 Å². The van der Waals surface area contributed by atoms with Gasteiger partial charge in [-0.15, -0.1) is 0 Å². The van der Waals surface area contributed by atoms with E-state index in [1.807, 2.05) is 36.1 Å². The summed E-state index contributed by atoms with van der Waals surface area (Å²) in [5.41, 5.74) is 7.85. The number of hydrogen-bond acceptors (Lipinski definition) is 4. The lowest BCUT2D eigenvalue weighted by atomic mass is 9.92. The van der Waals surface area contributed by atoms with Crippen LogP contribution >= 0.6 is 0 Å². The van der Waals surface area contributed by atoms with E-state index in [0.717, 1.165) is 48.3 Å². The summed E-state index contributed by atoms with van der Waals surface area (Å²) >= 11 is 0. The number of nitrogens with zero attached hydrogens (tertiary/aromatic N) is 4. The fourth-order valence-corrected chi connectivity index (χ4v) is 4.53. The molecule has 4 rings (SSSR count). The predicted molar refractivity (Wildman–Crippen MR) is 120 cm³/mol. The normalized spacial score (nSPS) is 16.5. The van der Waals surface area contributed by atoms with Crippen LogP contribution in [0.25, 0.3) is 11.1 Å². The smallest absolute Gasteiger partial charge is 0.219 e. The Labute approximate surface area is 177 Å². The molecule has 2 aromatic rings. The Kier molecular flexibility index (Phi) is 5.37. The number of aryl methyl sites for hydroxylation is 3. The summed E-state index contributed by atoms with van der Waals surface area (Å²) in [6.07, 6.45) is 6.71. The van der Waals surface area contributed by atoms with Gasteiger partial charge in [-0.3, -0.25) is 14.9 Å². The number of hydrogen-bond donors (Lipinski definition) is 2. The quantitative estimate of drug-likeness (QED) is 0.607. The number of benzene rings is 1. The van der Waals surface area contributed by atoms with Crippen molar-refractivity contribution < 1.29 is 4.79 Å². The van der Waals surface area contributed by atoms with E-state index >= 15 is 0 Å². The number of rotatable bonds is 3. The molecular formula is C23H30N6O. The molecule has 0 aliphatic carbocycles. The number of anilines is 1. The van der Waals surface area contributed by atoms with Gasteiger partial charge in [0.1, 0.15) is 5.84 Å². The third-order valence-electron chi connectivity index (χ3n) is 6.21. The molecule has 7 heteroatoms. The van der Waals surface area contributed by atoms with E-state index in [-0.39, 0.29) is 5.91 Å². The van der Waals surface area contributed by atoms with Crippen LogP contribution < -0.4 is 10.2 Å². The van der Waals surface area contributed by atoms with Gasteiger partial charge < -0.3 is 15.1 Å². The van der Waals surface area contributed by atoms with Crippen molar-refractivity contribution in [3.63, 3.8) is 0 Å². The topological polar surface area (TPSA) is 77.2 Å². The van der Waals surface area contributed by atoms with E-state index in [2.05, 4.69) is 34.4 Å². The van der Waals surface area contributed by atoms with Gasteiger partial charge in [-0.1, -0.05) is 0 Å². The largest absolute Gasteiger partial charge is 0.391 e. The van der Waals surface area contributed by atoms with Crippen molar-refractivity contribution in [2.45, 2.75) is 33.1 Å². The average molecular weight is 407 g/mol. The highest BCUT2D eigenvalue weighted by molar-refractivity contribution is 6.09. The van der Waals surface area contributed by atoms with E-state index in [9.17, 15) is 4.79 Å². The molecule has 0 spiro atoms. The number of aromatic nitrogens is 2. The Morgan fingerprint density at radius 3 is 2.70 bits per heavy atom. The van der Waals surface area contributed by atoms with E-state index in [0.29, 0.717) is 18.9 Å². The molecule has 30 heavy (non-hydrogen) atoms. The van der Waals surface area contributed by atoms with Crippen LogP contribution in [0, 0.1) is 12.3 Å². The fourth-order valence-electron chi connectivity index (χ4n) is 4.53. The summed E-state index contributed by atoms with van der Waals surface area (Å²) in [6, 6.07) is 4.47. The standard InChI is InChI=1S/C23H30N6O/c1-15-10-22-17(11-19(15)18-12-26-27(4)13-18)6-5-8-29(22)23(24)20-14-28(16(2)30)9-7-21(20)25-3/h10-13,24-25H,5-9,14H2,1-4H3. The van der Waals surface area contributed by atoms with Gasteiger partial charge in [0.15, 0.2) is 0 Å². The summed E-state index contributed by atoms with van der Waals surface area (Å²) in [6.45, 7) is 5.73. The fraction of sp³-hybridized carbons (Fsp3) is 0.435. The van der Waals surface area contributed by atoms with Crippen LogP contribution in [-0.2, 0) is 18.3 Å². The second kappa shape index (κ2) is 7.97. The van der Waals surface area contributed by atoms with Crippen LogP contribution in [0.3, 0.4) is 0 Å². The van der Waals surface area contributed by atoms with Gasteiger partial charge >= 0.3 is 0 Å². The molecule has 0 fully saturated rings. The number of amides is 1. The van der Waals surface area contributed by atoms with Gasteiger partial charge in [0.25, 0.3) is 0 Å². The number of carbonyl (C=O) groups excluding carboxylic acids is 1. The summed E-state index contributed by atoms with van der Waals surface area (Å²) in [5.74, 6) is 0.561. The lowest BCUT2D eigenvalue weighted by Gasteiger charge is -2.37. The maximum Gasteiger partial charge on any atom is 0.219 e. The Hall–Kier alpha value is -3.09. The van der Waals surface area contributed by atoms with Crippen LogP contribution in [0.1, 0.15) is 30.9 Å². The molecule has 3 heterocycles. The highest BCUT2D eigenvalue weighted by Crippen LogP contribution is 2.35. The van der Waals surface area contributed by atoms with E-state index in [1.165, 1.54) is 16.7 Å². The van der Waals surface area contributed by atoms with Crippen molar-refractivity contribution >= 4 is 17.4 Å². The highest BCUT2D eigenvalue weighted by atomic mass is 16.2. The third-order valence-corrected chi connectivity index (χ3v) is 6.21. The molecule has 2 aliphatic rings. The molecule has 0 radical (unpaired) electrons. The molecule has 1 aromatic carbocycles. The first kappa shape index (κ1) is 20.2. The van der Waals surface area contributed by atoms with Crippen molar-refractivity contribution in [2.24, 2.45) is 7.05 Å². The summed E-state index contributed by atoms with van der Waals surface area (Å²) in [5, 5.41) is 16.6. The van der Waals surface area contributed by atoms with Crippen LogP contribution in [0.2, 0.25) is 0 Å². The van der Waals surface area contributed by atoms with Crippen LogP contribution in [0.15, 0.2) is 35.8 Å². The Morgan fingerprint density at radius 1 is 1.23 bits per heavy atom. The van der Waals surface area contributed by atoms with E-state index < -0.39 is 0 Å². The van der Waals surface area contributed by atoms with Crippen molar-refractivity contribution in [3.8, 4) is 11.1 Å². The molecular weight excluding hydrogens is 376 g/mol.